The van der Waals surface area contributed by atoms with Gasteiger partial charge in [-0.2, -0.15) is 0 Å². The molecule has 20 heavy (non-hydrogen) atoms. The monoisotopic (exact) mass is 280 g/mol. The Morgan fingerprint density at radius 2 is 2.15 bits per heavy atom. The van der Waals surface area contributed by atoms with Crippen LogP contribution in [0.25, 0.3) is 0 Å². The van der Waals surface area contributed by atoms with Crippen LogP contribution in [0.2, 0.25) is 0 Å². The van der Waals surface area contributed by atoms with Crippen LogP contribution in [0.4, 0.5) is 0 Å². The highest BCUT2D eigenvalue weighted by atomic mass is 16.5. The SMILES string of the molecule is COCCN(Cc1occc1CNC(C)(C)C)C1CC1. The molecule has 0 atom stereocenters. The minimum atomic E-state index is 0.126. The largest absolute Gasteiger partial charge is 0.468 e. The van der Waals surface area contributed by atoms with Crippen LogP contribution in [0.1, 0.15) is 44.9 Å². The molecule has 4 nitrogen and oxygen atoms in total. The van der Waals surface area contributed by atoms with E-state index in [2.05, 4.69) is 37.1 Å². The van der Waals surface area contributed by atoms with Crippen molar-refractivity contribution in [2.75, 3.05) is 20.3 Å². The van der Waals surface area contributed by atoms with Crippen molar-refractivity contribution in [3.63, 3.8) is 0 Å². The molecule has 114 valence electrons. The van der Waals surface area contributed by atoms with E-state index in [1.807, 2.05) is 0 Å². The van der Waals surface area contributed by atoms with Gasteiger partial charge >= 0.3 is 0 Å². The fourth-order valence-electron chi connectivity index (χ4n) is 2.25. The Morgan fingerprint density at radius 1 is 1.40 bits per heavy atom. The quantitative estimate of drug-likeness (QED) is 0.794. The summed E-state index contributed by atoms with van der Waals surface area (Å²) >= 11 is 0. The predicted molar refractivity (Wildman–Crippen MR) is 80.6 cm³/mol. The van der Waals surface area contributed by atoms with E-state index in [0.717, 1.165) is 38.0 Å². The molecule has 0 spiro atoms. The summed E-state index contributed by atoms with van der Waals surface area (Å²) in [6.07, 6.45) is 4.41. The summed E-state index contributed by atoms with van der Waals surface area (Å²) in [7, 11) is 1.76. The Hall–Kier alpha value is -0.840. The van der Waals surface area contributed by atoms with Gasteiger partial charge in [-0.3, -0.25) is 4.90 Å². The van der Waals surface area contributed by atoms with Crippen molar-refractivity contribution in [1.29, 1.82) is 0 Å². The number of hydrogen-bond donors (Lipinski definition) is 1. The molecule has 1 aromatic heterocycles. The lowest BCUT2D eigenvalue weighted by Gasteiger charge is -2.23. The van der Waals surface area contributed by atoms with Crippen LogP contribution in [0.3, 0.4) is 0 Å². The zero-order chi connectivity index (χ0) is 14.6. The molecule has 0 aliphatic heterocycles. The Labute approximate surface area is 122 Å². The van der Waals surface area contributed by atoms with E-state index in [1.165, 1.54) is 18.4 Å². The summed E-state index contributed by atoms with van der Waals surface area (Å²) in [5.41, 5.74) is 1.39. The highest BCUT2D eigenvalue weighted by Gasteiger charge is 2.29. The first-order chi connectivity index (χ1) is 9.49. The van der Waals surface area contributed by atoms with Crippen molar-refractivity contribution in [3.05, 3.63) is 23.7 Å². The summed E-state index contributed by atoms with van der Waals surface area (Å²) in [5.74, 6) is 1.09. The third-order valence-corrected chi connectivity index (χ3v) is 3.64. The minimum absolute atomic E-state index is 0.126. The van der Waals surface area contributed by atoms with Gasteiger partial charge < -0.3 is 14.5 Å². The average Bonchev–Trinajstić information content (AvgIpc) is 3.12. The van der Waals surface area contributed by atoms with E-state index < -0.39 is 0 Å². The molecular formula is C16H28N2O2. The molecule has 1 N–H and O–H groups in total. The van der Waals surface area contributed by atoms with Crippen molar-refractivity contribution in [3.8, 4) is 0 Å². The number of methoxy groups -OCH3 is 1. The molecule has 1 aliphatic rings. The Kier molecular flexibility index (Phi) is 5.24. The first-order valence-electron chi connectivity index (χ1n) is 7.53. The molecule has 1 fully saturated rings. The number of ether oxygens (including phenoxy) is 1. The molecule has 4 heteroatoms. The molecule has 0 aromatic carbocycles. The van der Waals surface area contributed by atoms with Crippen LogP contribution in [-0.2, 0) is 17.8 Å². The summed E-state index contributed by atoms with van der Waals surface area (Å²) < 4.78 is 10.9. The third kappa shape index (κ3) is 4.93. The van der Waals surface area contributed by atoms with E-state index in [0.29, 0.717) is 0 Å². The number of rotatable bonds is 8. The van der Waals surface area contributed by atoms with Gasteiger partial charge in [-0.05, 0) is 39.7 Å². The molecule has 2 rings (SSSR count). The topological polar surface area (TPSA) is 37.6 Å². The van der Waals surface area contributed by atoms with Gasteiger partial charge in [-0.1, -0.05) is 0 Å². The standard InChI is InChI=1S/C16H28N2O2/c1-16(2,3)17-11-13-7-9-20-15(13)12-18(8-10-19-4)14-5-6-14/h7,9,14,17H,5-6,8,10-12H2,1-4H3. The lowest BCUT2D eigenvalue weighted by Crippen LogP contribution is -2.35. The normalized spacial score (nSPS) is 16.1. The molecule has 0 unspecified atom stereocenters. The van der Waals surface area contributed by atoms with E-state index in [-0.39, 0.29) is 5.54 Å². The average molecular weight is 280 g/mol. The van der Waals surface area contributed by atoms with E-state index in [1.54, 1.807) is 13.4 Å². The highest BCUT2D eigenvalue weighted by Crippen LogP contribution is 2.28. The zero-order valence-corrected chi connectivity index (χ0v) is 13.2. The molecule has 0 radical (unpaired) electrons. The van der Waals surface area contributed by atoms with Gasteiger partial charge in [0.15, 0.2) is 0 Å². The van der Waals surface area contributed by atoms with Crippen LogP contribution in [0.15, 0.2) is 16.7 Å². The maximum absolute atomic E-state index is 5.70. The van der Waals surface area contributed by atoms with Crippen molar-refractivity contribution >= 4 is 0 Å². The van der Waals surface area contributed by atoms with Crippen LogP contribution in [-0.4, -0.2) is 36.7 Å². The maximum atomic E-state index is 5.70. The molecule has 0 amide bonds. The second-order valence-electron chi connectivity index (χ2n) is 6.67. The predicted octanol–water partition coefficient (Wildman–Crippen LogP) is 2.78. The van der Waals surface area contributed by atoms with Gasteiger partial charge in [0.25, 0.3) is 0 Å². The third-order valence-electron chi connectivity index (χ3n) is 3.64. The van der Waals surface area contributed by atoms with Gasteiger partial charge in [0.05, 0.1) is 19.4 Å². The summed E-state index contributed by atoms with van der Waals surface area (Å²) in [5, 5.41) is 3.52. The first-order valence-corrected chi connectivity index (χ1v) is 7.53. The molecule has 0 saturated heterocycles. The Morgan fingerprint density at radius 3 is 2.75 bits per heavy atom. The Bertz CT molecular complexity index is 405. The highest BCUT2D eigenvalue weighted by molar-refractivity contribution is 5.17. The molecule has 1 saturated carbocycles. The van der Waals surface area contributed by atoms with Crippen molar-refractivity contribution in [2.45, 2.75) is 58.3 Å². The lowest BCUT2D eigenvalue weighted by atomic mass is 10.1. The molecule has 0 bridgehead atoms. The first kappa shape index (κ1) is 15.5. The number of furan rings is 1. The second-order valence-corrected chi connectivity index (χ2v) is 6.67. The minimum Gasteiger partial charge on any atom is -0.468 e. The Balaban J connectivity index is 1.92. The summed E-state index contributed by atoms with van der Waals surface area (Å²) in [4.78, 5) is 2.48. The summed E-state index contributed by atoms with van der Waals surface area (Å²) in [6.45, 7) is 10.1. The lowest BCUT2D eigenvalue weighted by molar-refractivity contribution is 0.134. The van der Waals surface area contributed by atoms with Gasteiger partial charge in [0.1, 0.15) is 5.76 Å². The molecule has 1 aliphatic carbocycles. The van der Waals surface area contributed by atoms with E-state index >= 15 is 0 Å². The van der Waals surface area contributed by atoms with Crippen LogP contribution >= 0.6 is 0 Å². The molecule has 1 aromatic rings. The number of nitrogens with one attached hydrogen (secondary N) is 1. The second kappa shape index (κ2) is 6.74. The summed E-state index contributed by atoms with van der Waals surface area (Å²) in [6, 6.07) is 2.80. The van der Waals surface area contributed by atoms with Crippen LogP contribution in [0, 0.1) is 0 Å². The van der Waals surface area contributed by atoms with Crippen LogP contribution in [0.5, 0.6) is 0 Å². The van der Waals surface area contributed by atoms with Crippen molar-refractivity contribution in [1.82, 2.24) is 10.2 Å². The fourth-order valence-corrected chi connectivity index (χ4v) is 2.25. The van der Waals surface area contributed by atoms with Gasteiger partial charge in [-0.25, -0.2) is 0 Å². The fraction of sp³-hybridized carbons (Fsp3) is 0.750. The molecule has 1 heterocycles. The van der Waals surface area contributed by atoms with Crippen molar-refractivity contribution < 1.29 is 9.15 Å². The van der Waals surface area contributed by atoms with Gasteiger partial charge in [0, 0.05) is 37.3 Å². The van der Waals surface area contributed by atoms with Crippen LogP contribution < -0.4 is 5.32 Å². The van der Waals surface area contributed by atoms with Crippen molar-refractivity contribution in [2.24, 2.45) is 0 Å². The van der Waals surface area contributed by atoms with E-state index in [9.17, 15) is 0 Å². The van der Waals surface area contributed by atoms with E-state index in [4.69, 9.17) is 9.15 Å². The van der Waals surface area contributed by atoms with Gasteiger partial charge in [-0.15, -0.1) is 0 Å². The number of nitrogens with zero attached hydrogens (tertiary/aromatic N) is 1. The van der Waals surface area contributed by atoms with Gasteiger partial charge in [0.2, 0.25) is 0 Å². The smallest absolute Gasteiger partial charge is 0.122 e. The molecular weight excluding hydrogens is 252 g/mol. The number of hydrogen-bond acceptors (Lipinski definition) is 4. The zero-order valence-electron chi connectivity index (χ0n) is 13.2. The maximum Gasteiger partial charge on any atom is 0.122 e.